The number of hydrogen-bond donors (Lipinski definition) is 7. The monoisotopic (exact) mass is 1040 g/mol. The quantitative estimate of drug-likeness (QED) is 0.0139. The summed E-state index contributed by atoms with van der Waals surface area (Å²) in [7, 11) is 0. The number of ether oxygens (including phenoxy) is 3. The van der Waals surface area contributed by atoms with E-state index < -0.39 is 17.5 Å². The van der Waals surface area contributed by atoms with Gasteiger partial charge in [-0.15, -0.1) is 6.42 Å². The second-order valence-corrected chi connectivity index (χ2v) is 15.8. The third-order valence-electron chi connectivity index (χ3n) is 10.3. The lowest BCUT2D eigenvalue weighted by molar-refractivity contribution is 0.125. The molecule has 9 aromatic rings. The number of nitrogens with two attached hydrogens (primary N) is 3. The molecule has 6 heterocycles. The summed E-state index contributed by atoms with van der Waals surface area (Å²) in [6.45, 7) is 9.53. The van der Waals surface area contributed by atoms with Gasteiger partial charge in [0.1, 0.15) is 66.3 Å². The molecule has 0 spiro atoms. The largest absolute Gasteiger partial charge is 0.435 e. The number of nitrogens with one attached hydrogen (secondary N) is 3. The molecule has 0 unspecified atom stereocenters. The van der Waals surface area contributed by atoms with Crippen LogP contribution >= 0.6 is 0 Å². The highest BCUT2D eigenvalue weighted by Crippen LogP contribution is 2.34. The van der Waals surface area contributed by atoms with E-state index >= 15 is 0 Å². The Balaban J connectivity index is 0.000000166. The van der Waals surface area contributed by atoms with Crippen LogP contribution in [0.2, 0.25) is 0 Å². The maximum Gasteiger partial charge on any atom is 0.233 e. The number of aromatic nitrogens is 9. The molecule has 0 atom stereocenters. The molecule has 0 bridgehead atoms. The van der Waals surface area contributed by atoms with E-state index in [1.165, 1.54) is 55.8 Å². The molecule has 0 radical (unpaired) electrons. The van der Waals surface area contributed by atoms with Gasteiger partial charge in [0, 0.05) is 62.8 Å². The smallest absolute Gasteiger partial charge is 0.233 e. The Bertz CT molecular complexity index is 3630. The van der Waals surface area contributed by atoms with Gasteiger partial charge in [0.15, 0.2) is 41.3 Å². The highest BCUT2D eigenvalue weighted by molar-refractivity contribution is 5.90. The highest BCUT2D eigenvalue weighted by Gasteiger charge is 2.19. The summed E-state index contributed by atoms with van der Waals surface area (Å²) in [6.07, 6.45) is 14.6. The van der Waals surface area contributed by atoms with Crippen LogP contribution in [0.3, 0.4) is 0 Å². The number of benzene rings is 3. The van der Waals surface area contributed by atoms with Crippen LogP contribution in [0.25, 0.3) is 32.7 Å². The molecular weight excluding hydrogens is 992 g/mol. The van der Waals surface area contributed by atoms with Crippen LogP contribution in [-0.4, -0.2) is 95.0 Å². The number of H-pyrrole nitrogens is 3. The summed E-state index contributed by atoms with van der Waals surface area (Å²) < 4.78 is 60.8. The van der Waals surface area contributed by atoms with Crippen molar-refractivity contribution in [3.8, 4) is 47.2 Å². The molecule has 25 heteroatoms. The van der Waals surface area contributed by atoms with Gasteiger partial charge < -0.3 is 66.0 Å². The molecule has 0 saturated heterocycles. The van der Waals surface area contributed by atoms with Crippen LogP contribution in [-0.2, 0) is 14.5 Å². The van der Waals surface area contributed by atoms with E-state index in [1.54, 1.807) is 42.5 Å². The average Bonchev–Trinajstić information content (AvgIpc) is 4.12. The Morgan fingerprint density at radius 1 is 0.592 bits per heavy atom. The minimum Gasteiger partial charge on any atom is -0.435 e. The number of aryl methyl sites for hydroxylation is 3. The fraction of sp³-hybridized carbons (Fsp3) is 0.157. The lowest BCUT2D eigenvalue weighted by Gasteiger charge is -2.09. The maximum absolute atomic E-state index is 14.7. The van der Waals surface area contributed by atoms with Gasteiger partial charge >= 0.3 is 0 Å². The molecule has 0 aliphatic heterocycles. The predicted octanol–water partition coefficient (Wildman–Crippen LogP) is 8.59. The van der Waals surface area contributed by atoms with Gasteiger partial charge in [0.05, 0.1) is 18.6 Å². The third-order valence-corrected chi connectivity index (χ3v) is 10.3. The van der Waals surface area contributed by atoms with Crippen molar-refractivity contribution in [2.24, 2.45) is 15.5 Å². The first-order valence-corrected chi connectivity index (χ1v) is 22.6. The van der Waals surface area contributed by atoms with Crippen molar-refractivity contribution in [3.63, 3.8) is 0 Å². The molecule has 9 rings (SSSR count). The van der Waals surface area contributed by atoms with Crippen molar-refractivity contribution in [2.45, 2.75) is 27.2 Å². The van der Waals surface area contributed by atoms with Crippen molar-refractivity contribution >= 4 is 68.8 Å². The number of nitrogens with zero attached hydrogens (tertiary/aromatic N) is 9. The van der Waals surface area contributed by atoms with E-state index in [0.29, 0.717) is 39.1 Å². The number of terminal acetylenes is 1. The Morgan fingerprint density at radius 2 is 0.961 bits per heavy atom. The van der Waals surface area contributed by atoms with Crippen LogP contribution in [0, 0.1) is 50.6 Å². The summed E-state index contributed by atoms with van der Waals surface area (Å²) in [5.41, 5.74) is 22.8. The zero-order valence-corrected chi connectivity index (χ0v) is 40.8. The van der Waals surface area contributed by atoms with E-state index in [-0.39, 0.29) is 95.5 Å². The predicted molar refractivity (Wildman–Crippen MR) is 280 cm³/mol. The number of aliphatic hydroxyl groups excluding tert-OH is 1. The van der Waals surface area contributed by atoms with Crippen LogP contribution < -0.4 is 31.4 Å². The molecule has 0 aliphatic carbocycles. The van der Waals surface area contributed by atoms with Crippen LogP contribution in [0.15, 0.2) is 102 Å². The van der Waals surface area contributed by atoms with Gasteiger partial charge in [0.25, 0.3) is 0 Å². The van der Waals surface area contributed by atoms with Gasteiger partial charge in [-0.25, -0.2) is 43.1 Å². The lowest BCUT2D eigenvalue weighted by atomic mass is 10.2. The topological polar surface area (TPSA) is 315 Å². The number of oxime groups is 3. The van der Waals surface area contributed by atoms with Crippen molar-refractivity contribution in [3.05, 3.63) is 137 Å². The Labute approximate surface area is 430 Å². The second-order valence-electron chi connectivity index (χ2n) is 15.8. The van der Waals surface area contributed by atoms with Gasteiger partial charge in [-0.1, -0.05) is 34.0 Å². The van der Waals surface area contributed by atoms with Crippen LogP contribution in [0.1, 0.15) is 40.2 Å². The van der Waals surface area contributed by atoms with E-state index in [1.807, 2.05) is 20.8 Å². The molecule has 0 amide bonds. The van der Waals surface area contributed by atoms with Gasteiger partial charge in [0.2, 0.25) is 17.6 Å². The summed E-state index contributed by atoms with van der Waals surface area (Å²) in [4.78, 5) is 47.5. The standard InChI is InChI=1S/C17H18FN5O3.C17H16FN5O2.C17H14FN5O2/c1-10-7-11-13(23-10)3-4-14(15(11)18)26-17-12(16(19)20-9-21-17)8-22-25-6-2-5-24;2*1-3-6-24-22-8-12-16(19)20-9-21-17(12)25-14-5-4-13-11(15(14)18)7-10(2)23-13/h3-4,7-9,23-24H,2,5-6H2,1H3,(H2,19,20,21);3-5,7-9,23H,1,6H2,2H3,(H2,19,20,21);1,4-5,7-9,23H,6H2,2H3,(H2,19,20,21)/b3*22-8+. The number of aromatic amines is 3. The fourth-order valence-electron chi connectivity index (χ4n) is 6.82. The number of aliphatic hydroxyl groups is 1. The SMILES string of the molecule is C#CCO/N=C/c1c(N)ncnc1Oc1ccc2[nH]c(C)cc2c1F.C=CCO/N=C/c1c(N)ncnc1Oc1ccc2[nH]c(C)cc2c1F.Cc1cc2c(F)c(Oc3ncnc(N)c3/C=N/OCCCO)ccc2[nH]1. The molecule has 0 fully saturated rings. The lowest BCUT2D eigenvalue weighted by Crippen LogP contribution is -2.03. The molecule has 6 aromatic heterocycles. The average molecular weight is 1040 g/mol. The first-order valence-electron chi connectivity index (χ1n) is 22.6. The van der Waals surface area contributed by atoms with Crippen molar-refractivity contribution in [2.75, 3.05) is 43.6 Å². The molecule has 3 aromatic carbocycles. The zero-order chi connectivity index (χ0) is 54.1. The Morgan fingerprint density at radius 3 is 1.32 bits per heavy atom. The molecule has 0 aliphatic rings. The molecule has 76 heavy (non-hydrogen) atoms. The normalized spacial score (nSPS) is 11.1. The zero-order valence-electron chi connectivity index (χ0n) is 40.8. The number of rotatable bonds is 18. The Hall–Kier alpha value is -10.2. The maximum atomic E-state index is 14.7. The van der Waals surface area contributed by atoms with E-state index in [9.17, 15) is 13.2 Å². The molecule has 390 valence electrons. The van der Waals surface area contributed by atoms with E-state index in [2.05, 4.69) is 72.8 Å². The van der Waals surface area contributed by atoms with Crippen LogP contribution in [0.5, 0.6) is 34.9 Å². The van der Waals surface area contributed by atoms with E-state index in [4.69, 9.17) is 57.5 Å². The highest BCUT2D eigenvalue weighted by atomic mass is 19.1. The first kappa shape index (κ1) is 53.6. The van der Waals surface area contributed by atoms with Gasteiger partial charge in [-0.3, -0.25) is 0 Å². The third kappa shape index (κ3) is 13.2. The number of anilines is 3. The number of fused-ring (bicyclic) bond motifs is 3. The van der Waals surface area contributed by atoms with E-state index in [0.717, 1.165) is 17.1 Å². The van der Waals surface area contributed by atoms with Crippen molar-refractivity contribution in [1.82, 2.24) is 44.9 Å². The number of nitrogen functional groups attached to an aromatic ring is 3. The van der Waals surface area contributed by atoms with Crippen molar-refractivity contribution in [1.29, 1.82) is 0 Å². The number of hydrogen-bond acceptors (Lipinski definition) is 19. The molecule has 10 N–H and O–H groups in total. The summed E-state index contributed by atoms with van der Waals surface area (Å²) in [6, 6.07) is 14.8. The first-order chi connectivity index (χ1) is 36.8. The summed E-state index contributed by atoms with van der Waals surface area (Å²) in [5, 5.41) is 21.1. The Kier molecular flexibility index (Phi) is 17.9. The second kappa shape index (κ2) is 25.4. The molecular formula is C51H48F3N15O7. The van der Waals surface area contributed by atoms with Gasteiger partial charge in [-0.2, -0.15) is 0 Å². The summed E-state index contributed by atoms with van der Waals surface area (Å²) in [5.74, 6) is 1.31. The molecule has 22 nitrogen and oxygen atoms in total. The van der Waals surface area contributed by atoms with Crippen molar-refractivity contribution < 1.29 is 47.0 Å². The molecule has 0 saturated carbocycles. The van der Waals surface area contributed by atoms with Gasteiger partial charge in [-0.05, 0) is 75.4 Å². The number of halogens is 3. The summed E-state index contributed by atoms with van der Waals surface area (Å²) >= 11 is 0. The minimum absolute atomic E-state index is 0.000845. The minimum atomic E-state index is -0.509. The fourth-order valence-corrected chi connectivity index (χ4v) is 6.82. The van der Waals surface area contributed by atoms with Crippen LogP contribution in [0.4, 0.5) is 30.6 Å².